The van der Waals surface area contributed by atoms with Crippen molar-refractivity contribution in [2.75, 3.05) is 7.11 Å². The first-order chi connectivity index (χ1) is 8.52. The van der Waals surface area contributed by atoms with Crippen LogP contribution in [0, 0.1) is 5.82 Å². The molecule has 2 aromatic rings. The van der Waals surface area contributed by atoms with Crippen LogP contribution in [0.4, 0.5) is 4.39 Å². The summed E-state index contributed by atoms with van der Waals surface area (Å²) in [5, 5.41) is 0. The Labute approximate surface area is 117 Å². The lowest BCUT2D eigenvalue weighted by Gasteiger charge is -2.04. The maximum atomic E-state index is 13.5. The number of methoxy groups -OCH3 is 1. The Hall–Kier alpha value is -1.10. The van der Waals surface area contributed by atoms with Gasteiger partial charge in [0.1, 0.15) is 4.34 Å². The van der Waals surface area contributed by atoms with Crippen molar-refractivity contribution in [2.45, 2.75) is 0 Å². The molecule has 1 heterocycles. The third kappa shape index (κ3) is 2.51. The fraction of sp³-hybridized carbons (Fsp3) is 0.0833. The highest BCUT2D eigenvalue weighted by Crippen LogP contribution is 2.33. The third-order valence-electron chi connectivity index (χ3n) is 2.32. The van der Waals surface area contributed by atoms with E-state index in [0.717, 1.165) is 17.4 Å². The Morgan fingerprint density at radius 1 is 1.33 bits per heavy atom. The second-order valence-electron chi connectivity index (χ2n) is 3.42. The highest BCUT2D eigenvalue weighted by Gasteiger charge is 2.17. The SMILES string of the molecule is COc1ccc(C(=O)c2cc(Cl)sc2Cl)cc1F. The van der Waals surface area contributed by atoms with E-state index < -0.39 is 5.82 Å². The van der Waals surface area contributed by atoms with Crippen LogP contribution < -0.4 is 4.74 Å². The van der Waals surface area contributed by atoms with Crippen LogP contribution in [0.25, 0.3) is 0 Å². The number of ketones is 1. The summed E-state index contributed by atoms with van der Waals surface area (Å²) in [5.74, 6) is -0.883. The average Bonchev–Trinajstić information content (AvgIpc) is 2.67. The van der Waals surface area contributed by atoms with Gasteiger partial charge in [-0.05, 0) is 24.3 Å². The Kier molecular flexibility index (Phi) is 3.90. The molecule has 0 aliphatic carbocycles. The minimum atomic E-state index is -0.596. The summed E-state index contributed by atoms with van der Waals surface area (Å²) in [6.07, 6.45) is 0. The summed E-state index contributed by atoms with van der Waals surface area (Å²) in [6.45, 7) is 0. The van der Waals surface area contributed by atoms with Crippen molar-refractivity contribution in [3.8, 4) is 5.75 Å². The number of halogens is 3. The molecular formula is C12H7Cl2FO2S. The van der Waals surface area contributed by atoms with Crippen molar-refractivity contribution in [1.29, 1.82) is 0 Å². The van der Waals surface area contributed by atoms with Crippen LogP contribution in [0.1, 0.15) is 15.9 Å². The van der Waals surface area contributed by atoms with Crippen LogP contribution in [-0.4, -0.2) is 12.9 Å². The Morgan fingerprint density at radius 3 is 2.56 bits per heavy atom. The molecule has 0 unspecified atom stereocenters. The second kappa shape index (κ2) is 5.26. The van der Waals surface area contributed by atoms with E-state index in [4.69, 9.17) is 27.9 Å². The van der Waals surface area contributed by atoms with Crippen molar-refractivity contribution in [1.82, 2.24) is 0 Å². The molecule has 2 rings (SSSR count). The Morgan fingerprint density at radius 2 is 2.06 bits per heavy atom. The molecule has 0 fully saturated rings. The molecule has 0 radical (unpaired) electrons. The topological polar surface area (TPSA) is 26.3 Å². The first-order valence-corrected chi connectivity index (χ1v) is 6.43. The van der Waals surface area contributed by atoms with Gasteiger partial charge in [-0.3, -0.25) is 4.79 Å². The first-order valence-electron chi connectivity index (χ1n) is 4.86. The number of carbonyl (C=O) groups is 1. The van der Waals surface area contributed by atoms with Gasteiger partial charge < -0.3 is 4.74 Å². The van der Waals surface area contributed by atoms with Gasteiger partial charge in [-0.25, -0.2) is 4.39 Å². The van der Waals surface area contributed by atoms with Crippen LogP contribution >= 0.6 is 34.5 Å². The number of hydrogen-bond acceptors (Lipinski definition) is 3. The van der Waals surface area contributed by atoms with Crippen LogP contribution in [-0.2, 0) is 0 Å². The number of carbonyl (C=O) groups excluding carboxylic acids is 1. The van der Waals surface area contributed by atoms with E-state index in [9.17, 15) is 9.18 Å². The van der Waals surface area contributed by atoms with Crippen LogP contribution in [0.15, 0.2) is 24.3 Å². The van der Waals surface area contributed by atoms with Crippen LogP contribution in [0.2, 0.25) is 8.67 Å². The van der Waals surface area contributed by atoms with Gasteiger partial charge >= 0.3 is 0 Å². The number of rotatable bonds is 3. The molecule has 0 N–H and O–H groups in total. The van der Waals surface area contributed by atoms with E-state index in [1.807, 2.05) is 0 Å². The highest BCUT2D eigenvalue weighted by molar-refractivity contribution is 7.20. The van der Waals surface area contributed by atoms with Crippen molar-refractivity contribution in [3.63, 3.8) is 0 Å². The molecule has 0 amide bonds. The van der Waals surface area contributed by atoms with E-state index >= 15 is 0 Å². The molecule has 6 heteroatoms. The number of benzene rings is 1. The molecule has 2 nitrogen and oxygen atoms in total. The smallest absolute Gasteiger partial charge is 0.195 e. The van der Waals surface area contributed by atoms with Crippen molar-refractivity contribution < 1.29 is 13.9 Å². The molecule has 0 atom stereocenters. The largest absolute Gasteiger partial charge is 0.494 e. The summed E-state index contributed by atoms with van der Waals surface area (Å²) in [6, 6.07) is 5.46. The lowest BCUT2D eigenvalue weighted by Crippen LogP contribution is -2.01. The zero-order valence-electron chi connectivity index (χ0n) is 9.17. The Bertz CT molecular complexity index is 610. The maximum Gasteiger partial charge on any atom is 0.195 e. The number of thiophene rings is 1. The number of ether oxygens (including phenoxy) is 1. The van der Waals surface area contributed by atoms with Crippen LogP contribution in [0.3, 0.4) is 0 Å². The fourth-order valence-corrected chi connectivity index (χ4v) is 2.92. The average molecular weight is 305 g/mol. The second-order valence-corrected chi connectivity index (χ2v) is 5.70. The molecule has 0 aliphatic heterocycles. The van der Waals surface area contributed by atoms with E-state index in [0.29, 0.717) is 8.67 Å². The van der Waals surface area contributed by atoms with Gasteiger partial charge in [0.15, 0.2) is 17.3 Å². The molecule has 0 aliphatic rings. The summed E-state index contributed by atoms with van der Waals surface area (Å²) in [5.41, 5.74) is 0.473. The molecular weight excluding hydrogens is 298 g/mol. The zero-order valence-corrected chi connectivity index (χ0v) is 11.5. The standard InChI is InChI=1S/C12H7Cl2FO2S/c1-17-9-3-2-6(4-8(9)15)11(16)7-5-10(13)18-12(7)14/h2-5H,1H3. The molecule has 0 bridgehead atoms. The quantitative estimate of drug-likeness (QED) is 0.784. The van der Waals surface area contributed by atoms with E-state index in [-0.39, 0.29) is 22.7 Å². The minimum absolute atomic E-state index is 0.0843. The maximum absolute atomic E-state index is 13.5. The van der Waals surface area contributed by atoms with E-state index in [2.05, 4.69) is 0 Å². The fourth-order valence-electron chi connectivity index (χ4n) is 1.46. The van der Waals surface area contributed by atoms with Crippen LogP contribution in [0.5, 0.6) is 5.75 Å². The lowest BCUT2D eigenvalue weighted by atomic mass is 10.1. The van der Waals surface area contributed by atoms with Gasteiger partial charge in [0.2, 0.25) is 0 Å². The molecule has 0 saturated carbocycles. The minimum Gasteiger partial charge on any atom is -0.494 e. The molecule has 0 saturated heterocycles. The predicted octanol–water partition coefficient (Wildman–Crippen LogP) is 4.43. The van der Waals surface area contributed by atoms with Gasteiger partial charge in [0.25, 0.3) is 0 Å². The van der Waals surface area contributed by atoms with Gasteiger partial charge in [-0.15, -0.1) is 11.3 Å². The first kappa shape index (κ1) is 13.3. The van der Waals surface area contributed by atoms with E-state index in [1.165, 1.54) is 25.3 Å². The molecule has 1 aromatic carbocycles. The predicted molar refractivity (Wildman–Crippen MR) is 70.7 cm³/mol. The van der Waals surface area contributed by atoms with Crippen molar-refractivity contribution in [2.24, 2.45) is 0 Å². The van der Waals surface area contributed by atoms with Crippen molar-refractivity contribution >= 4 is 40.3 Å². The monoisotopic (exact) mass is 304 g/mol. The molecule has 18 heavy (non-hydrogen) atoms. The van der Waals surface area contributed by atoms with Gasteiger partial charge in [0, 0.05) is 5.56 Å². The van der Waals surface area contributed by atoms with E-state index in [1.54, 1.807) is 0 Å². The van der Waals surface area contributed by atoms with Gasteiger partial charge in [-0.1, -0.05) is 23.2 Å². The molecule has 1 aromatic heterocycles. The normalized spacial score (nSPS) is 10.4. The lowest BCUT2D eigenvalue weighted by molar-refractivity contribution is 0.103. The molecule has 94 valence electrons. The van der Waals surface area contributed by atoms with Gasteiger partial charge in [-0.2, -0.15) is 0 Å². The van der Waals surface area contributed by atoms with Gasteiger partial charge in [0.05, 0.1) is 17.0 Å². The summed E-state index contributed by atoms with van der Waals surface area (Å²) >= 11 is 12.7. The molecule has 0 spiro atoms. The Balaban J connectivity index is 2.40. The summed E-state index contributed by atoms with van der Waals surface area (Å²) in [7, 11) is 1.36. The van der Waals surface area contributed by atoms with Crippen molar-refractivity contribution in [3.05, 3.63) is 49.9 Å². The summed E-state index contributed by atoms with van der Waals surface area (Å²) < 4.78 is 19.0. The zero-order chi connectivity index (χ0) is 13.3. The third-order valence-corrected chi connectivity index (χ3v) is 3.80. The number of hydrogen-bond donors (Lipinski definition) is 0. The highest BCUT2D eigenvalue weighted by atomic mass is 35.5. The summed E-state index contributed by atoms with van der Waals surface area (Å²) in [4.78, 5) is 12.1.